The van der Waals surface area contributed by atoms with Gasteiger partial charge in [-0.1, -0.05) is 6.92 Å². The van der Waals surface area contributed by atoms with Crippen LogP contribution in [-0.2, 0) is 19.1 Å². The molecule has 2 aliphatic heterocycles. The number of amides is 2. The number of hydrogen-bond donors (Lipinski definition) is 0. The van der Waals surface area contributed by atoms with E-state index in [-0.39, 0.29) is 30.6 Å². The first-order valence-electron chi connectivity index (χ1n) is 7.91. The predicted octanol–water partition coefficient (Wildman–Crippen LogP) is 0.999. The van der Waals surface area contributed by atoms with Gasteiger partial charge in [0.2, 0.25) is 11.8 Å². The molecule has 2 amide bonds. The highest BCUT2D eigenvalue weighted by Crippen LogP contribution is 2.18. The van der Waals surface area contributed by atoms with Gasteiger partial charge in [0.05, 0.1) is 19.1 Å². The number of likely N-dealkylation sites (tertiary alicyclic amines) is 1. The van der Waals surface area contributed by atoms with Crippen molar-refractivity contribution in [1.29, 1.82) is 0 Å². The molecule has 0 aromatic heterocycles. The molecular formula is C15H26N2O4. The van der Waals surface area contributed by atoms with Crippen LogP contribution in [0.4, 0.5) is 0 Å². The van der Waals surface area contributed by atoms with E-state index in [4.69, 9.17) is 9.47 Å². The summed E-state index contributed by atoms with van der Waals surface area (Å²) in [4.78, 5) is 27.0. The molecule has 2 aliphatic rings. The first-order valence-corrected chi connectivity index (χ1v) is 7.91. The third kappa shape index (κ3) is 4.25. The van der Waals surface area contributed by atoms with E-state index in [2.05, 4.69) is 11.8 Å². The van der Waals surface area contributed by atoms with Crippen molar-refractivity contribution in [3.05, 3.63) is 0 Å². The van der Waals surface area contributed by atoms with Gasteiger partial charge in [-0.15, -0.1) is 0 Å². The molecule has 0 saturated carbocycles. The first kappa shape index (κ1) is 16.4. The summed E-state index contributed by atoms with van der Waals surface area (Å²) < 4.78 is 11.3. The average Bonchev–Trinajstić information content (AvgIpc) is 2.75. The summed E-state index contributed by atoms with van der Waals surface area (Å²) in [5.74, 6) is -0.190. The quantitative estimate of drug-likeness (QED) is 0.656. The molecule has 0 aliphatic carbocycles. The molecule has 2 fully saturated rings. The monoisotopic (exact) mass is 298 g/mol. The van der Waals surface area contributed by atoms with Crippen molar-refractivity contribution in [3.8, 4) is 0 Å². The maximum atomic E-state index is 12.1. The number of rotatable bonds is 7. The summed E-state index contributed by atoms with van der Waals surface area (Å²) in [6.07, 6.45) is 4.32. The van der Waals surface area contributed by atoms with E-state index in [1.54, 1.807) is 7.05 Å². The molecule has 6 heteroatoms. The molecule has 0 radical (unpaired) electrons. The molecule has 6 nitrogen and oxygen atoms in total. The van der Waals surface area contributed by atoms with E-state index in [9.17, 15) is 9.59 Å². The molecule has 0 aromatic carbocycles. The van der Waals surface area contributed by atoms with Crippen LogP contribution in [-0.4, -0.2) is 67.3 Å². The van der Waals surface area contributed by atoms with Crippen molar-refractivity contribution in [2.24, 2.45) is 0 Å². The van der Waals surface area contributed by atoms with E-state index in [1.165, 1.54) is 4.90 Å². The zero-order chi connectivity index (χ0) is 15.2. The van der Waals surface area contributed by atoms with Crippen LogP contribution in [0.5, 0.6) is 0 Å². The first-order chi connectivity index (χ1) is 10.1. The Labute approximate surface area is 126 Å². The second-order valence-corrected chi connectivity index (χ2v) is 5.71. The van der Waals surface area contributed by atoms with Crippen LogP contribution >= 0.6 is 0 Å². The largest absolute Gasteiger partial charge is 0.353 e. The van der Waals surface area contributed by atoms with Gasteiger partial charge in [-0.05, 0) is 32.2 Å². The average molecular weight is 298 g/mol. The van der Waals surface area contributed by atoms with Gasteiger partial charge in [0.1, 0.15) is 0 Å². The number of carbonyl (C=O) groups excluding carboxylic acids is 2. The van der Waals surface area contributed by atoms with Gasteiger partial charge in [0, 0.05) is 20.2 Å². The highest BCUT2D eigenvalue weighted by Gasteiger charge is 2.39. The Morgan fingerprint density at radius 2 is 2.14 bits per heavy atom. The Balaban J connectivity index is 1.81. The van der Waals surface area contributed by atoms with Crippen molar-refractivity contribution < 1.29 is 19.1 Å². The van der Waals surface area contributed by atoms with Crippen molar-refractivity contribution in [2.45, 2.75) is 51.4 Å². The lowest BCUT2D eigenvalue weighted by molar-refractivity contribution is -0.165. The molecule has 21 heavy (non-hydrogen) atoms. The van der Waals surface area contributed by atoms with Crippen LogP contribution in [0.2, 0.25) is 0 Å². The standard InChI is InChI=1S/C15H26N2O4/c1-3-7-17(12-11-13(18)16(2)15(12)19)8-10-21-14-6-4-5-9-20-14/h12,14H,3-11H2,1-2H3/t12-,14+/m1/s1. The molecule has 0 N–H and O–H groups in total. The normalized spacial score (nSPS) is 26.9. The molecule has 0 unspecified atom stereocenters. The Morgan fingerprint density at radius 3 is 2.71 bits per heavy atom. The van der Waals surface area contributed by atoms with Gasteiger partial charge < -0.3 is 9.47 Å². The van der Waals surface area contributed by atoms with Gasteiger partial charge in [0.15, 0.2) is 6.29 Å². The maximum Gasteiger partial charge on any atom is 0.246 e. The van der Waals surface area contributed by atoms with Gasteiger partial charge in [-0.3, -0.25) is 19.4 Å². The SMILES string of the molecule is CCCN(CCO[C@H]1CCCCO1)[C@@H]1CC(=O)N(C)C1=O. The lowest BCUT2D eigenvalue weighted by Crippen LogP contribution is -2.43. The molecule has 2 rings (SSSR count). The minimum atomic E-state index is -0.321. The Morgan fingerprint density at radius 1 is 1.33 bits per heavy atom. The van der Waals surface area contributed by atoms with Crippen molar-refractivity contribution in [3.63, 3.8) is 0 Å². The number of ether oxygens (including phenoxy) is 2. The molecule has 0 bridgehead atoms. The zero-order valence-electron chi connectivity index (χ0n) is 13.0. The van der Waals surface area contributed by atoms with Crippen LogP contribution in [0.1, 0.15) is 39.0 Å². The zero-order valence-corrected chi connectivity index (χ0v) is 13.0. The molecule has 120 valence electrons. The number of hydrogen-bond acceptors (Lipinski definition) is 5. The smallest absolute Gasteiger partial charge is 0.246 e. The highest BCUT2D eigenvalue weighted by molar-refractivity contribution is 6.05. The van der Waals surface area contributed by atoms with E-state index in [0.29, 0.717) is 13.2 Å². The van der Waals surface area contributed by atoms with Crippen LogP contribution < -0.4 is 0 Å². The molecular weight excluding hydrogens is 272 g/mol. The predicted molar refractivity (Wildman–Crippen MR) is 77.6 cm³/mol. The third-order valence-electron chi connectivity index (χ3n) is 4.13. The second-order valence-electron chi connectivity index (χ2n) is 5.71. The maximum absolute atomic E-state index is 12.1. The van der Waals surface area contributed by atoms with Gasteiger partial charge >= 0.3 is 0 Å². The Hall–Kier alpha value is -0.980. The van der Waals surface area contributed by atoms with Crippen LogP contribution in [0.15, 0.2) is 0 Å². The van der Waals surface area contributed by atoms with Gasteiger partial charge in [-0.25, -0.2) is 0 Å². The highest BCUT2D eigenvalue weighted by atomic mass is 16.7. The van der Waals surface area contributed by atoms with Crippen molar-refractivity contribution in [2.75, 3.05) is 33.4 Å². The van der Waals surface area contributed by atoms with Gasteiger partial charge in [0.25, 0.3) is 0 Å². The Bertz CT molecular complexity index is 369. The lowest BCUT2D eigenvalue weighted by atomic mass is 10.2. The second kappa shape index (κ2) is 7.87. The van der Waals surface area contributed by atoms with E-state index >= 15 is 0 Å². The number of imide groups is 1. The number of carbonyl (C=O) groups is 2. The molecule has 2 atom stereocenters. The fraction of sp³-hybridized carbons (Fsp3) is 0.867. The molecule has 0 aromatic rings. The summed E-state index contributed by atoms with van der Waals surface area (Å²) in [6.45, 7) is 4.83. The van der Waals surface area contributed by atoms with Gasteiger partial charge in [-0.2, -0.15) is 0 Å². The van der Waals surface area contributed by atoms with E-state index < -0.39 is 0 Å². The number of nitrogens with zero attached hydrogens (tertiary/aromatic N) is 2. The molecule has 0 spiro atoms. The topological polar surface area (TPSA) is 59.1 Å². The lowest BCUT2D eigenvalue weighted by Gasteiger charge is -2.28. The summed E-state index contributed by atoms with van der Waals surface area (Å²) in [6, 6.07) is -0.321. The summed E-state index contributed by atoms with van der Waals surface area (Å²) in [5, 5.41) is 0. The fourth-order valence-electron chi connectivity index (χ4n) is 2.88. The van der Waals surface area contributed by atoms with Crippen molar-refractivity contribution in [1.82, 2.24) is 9.80 Å². The fourth-order valence-corrected chi connectivity index (χ4v) is 2.88. The third-order valence-corrected chi connectivity index (χ3v) is 4.13. The van der Waals surface area contributed by atoms with Crippen LogP contribution in [0, 0.1) is 0 Å². The summed E-state index contributed by atoms with van der Waals surface area (Å²) in [5.41, 5.74) is 0. The minimum absolute atomic E-state index is 0.0948. The van der Waals surface area contributed by atoms with E-state index in [0.717, 1.165) is 38.8 Å². The molecule has 2 saturated heterocycles. The van der Waals surface area contributed by atoms with Crippen LogP contribution in [0.3, 0.4) is 0 Å². The van der Waals surface area contributed by atoms with E-state index in [1.807, 2.05) is 0 Å². The summed E-state index contributed by atoms with van der Waals surface area (Å²) >= 11 is 0. The number of likely N-dealkylation sites (N-methyl/N-ethyl adjacent to an activating group) is 1. The minimum Gasteiger partial charge on any atom is -0.353 e. The molecule has 2 heterocycles. The van der Waals surface area contributed by atoms with Crippen molar-refractivity contribution >= 4 is 11.8 Å². The summed E-state index contributed by atoms with van der Waals surface area (Å²) in [7, 11) is 1.56. The Kier molecular flexibility index (Phi) is 6.14. The van der Waals surface area contributed by atoms with Crippen LogP contribution in [0.25, 0.3) is 0 Å².